The summed E-state index contributed by atoms with van der Waals surface area (Å²) in [6.45, 7) is 4.91. The van der Waals surface area contributed by atoms with E-state index in [2.05, 4.69) is 6.58 Å². The van der Waals surface area contributed by atoms with Crippen molar-refractivity contribution in [1.29, 1.82) is 0 Å². The predicted octanol–water partition coefficient (Wildman–Crippen LogP) is 2.17. The van der Waals surface area contributed by atoms with Gasteiger partial charge in [-0.05, 0) is 36.5 Å². The molecule has 4 nitrogen and oxygen atoms in total. The molecule has 0 bridgehead atoms. The summed E-state index contributed by atoms with van der Waals surface area (Å²) in [5.41, 5.74) is 9.35. The number of hydrogen-bond donors (Lipinski definition) is 1. The summed E-state index contributed by atoms with van der Waals surface area (Å²) in [6.07, 6.45) is 2.94. The van der Waals surface area contributed by atoms with Gasteiger partial charge in [-0.25, -0.2) is 0 Å². The van der Waals surface area contributed by atoms with Gasteiger partial charge < -0.3 is 10.6 Å². The number of allylic oxidation sites excluding steroid dienone is 1. The molecule has 0 unspecified atom stereocenters. The van der Waals surface area contributed by atoms with Crippen molar-refractivity contribution in [2.24, 2.45) is 5.73 Å². The van der Waals surface area contributed by atoms with Crippen molar-refractivity contribution in [3.05, 3.63) is 47.0 Å². The molecule has 1 aromatic carbocycles. The number of nitrogens with zero attached hydrogens (tertiary/aromatic N) is 1. The number of ketones is 1. The van der Waals surface area contributed by atoms with E-state index in [1.807, 2.05) is 18.2 Å². The zero-order valence-corrected chi connectivity index (χ0v) is 12.1. The summed E-state index contributed by atoms with van der Waals surface area (Å²) in [5.74, 6) is 0.0946. The molecule has 0 spiro atoms. The fraction of sp³-hybridized carbons (Fsp3) is 0.412. The Morgan fingerprint density at radius 2 is 2.14 bits per heavy atom. The molecule has 1 fully saturated rings. The molecule has 1 aromatic rings. The predicted molar refractivity (Wildman–Crippen MR) is 80.6 cm³/mol. The highest BCUT2D eigenvalue weighted by Gasteiger charge is 2.36. The molecule has 1 heterocycles. The molecule has 2 N–H and O–H groups in total. The lowest BCUT2D eigenvalue weighted by Crippen LogP contribution is -2.40. The Morgan fingerprint density at radius 1 is 1.33 bits per heavy atom. The molecule has 1 atom stereocenters. The first-order chi connectivity index (χ1) is 10.1. The first-order valence-corrected chi connectivity index (χ1v) is 7.42. The fourth-order valence-electron chi connectivity index (χ4n) is 3.26. The van der Waals surface area contributed by atoms with Crippen molar-refractivity contribution in [3.63, 3.8) is 0 Å². The van der Waals surface area contributed by atoms with Crippen molar-refractivity contribution < 1.29 is 9.59 Å². The fourth-order valence-corrected chi connectivity index (χ4v) is 3.26. The summed E-state index contributed by atoms with van der Waals surface area (Å²) in [4.78, 5) is 26.6. The lowest BCUT2D eigenvalue weighted by atomic mass is 10.1. The normalized spacial score (nSPS) is 22.4. The Balaban J connectivity index is 1.86. The van der Waals surface area contributed by atoms with Gasteiger partial charge in [0.15, 0.2) is 5.78 Å². The molecular weight excluding hydrogens is 264 g/mol. The minimum absolute atomic E-state index is 0.0283. The van der Waals surface area contributed by atoms with Crippen LogP contribution in [0.4, 0.5) is 0 Å². The number of Topliss-reactive ketones (excluding diaryl/α,β-unsaturated/α-hetero) is 1. The standard InChI is InChI=1S/C17H20N2O2/c1-11-3-2-4-15(16(20)7-11)19-10-13-8-12(9-18)5-6-14(13)17(19)21/h5-6,8,15H,1-4,7,9-10,18H2/t15-/m0/s1. The lowest BCUT2D eigenvalue weighted by Gasteiger charge is -2.25. The monoisotopic (exact) mass is 284 g/mol. The Hall–Kier alpha value is -1.94. The van der Waals surface area contributed by atoms with Crippen LogP contribution in [0.25, 0.3) is 0 Å². The van der Waals surface area contributed by atoms with E-state index in [1.54, 1.807) is 4.90 Å². The Bertz CT molecular complexity index is 621. The van der Waals surface area contributed by atoms with Crippen LogP contribution < -0.4 is 5.73 Å². The van der Waals surface area contributed by atoms with Gasteiger partial charge in [0, 0.05) is 25.1 Å². The third-order valence-corrected chi connectivity index (χ3v) is 4.42. The van der Waals surface area contributed by atoms with Crippen LogP contribution in [0, 0.1) is 0 Å². The summed E-state index contributed by atoms with van der Waals surface area (Å²) in [7, 11) is 0. The van der Waals surface area contributed by atoms with Gasteiger partial charge in [-0.2, -0.15) is 0 Å². The van der Waals surface area contributed by atoms with E-state index in [9.17, 15) is 9.59 Å². The lowest BCUT2D eigenvalue weighted by molar-refractivity contribution is -0.122. The number of hydrogen-bond acceptors (Lipinski definition) is 3. The maximum absolute atomic E-state index is 12.6. The molecule has 0 radical (unpaired) electrons. The van der Waals surface area contributed by atoms with Crippen molar-refractivity contribution in [1.82, 2.24) is 4.90 Å². The Kier molecular flexibility index (Phi) is 3.64. The molecule has 21 heavy (non-hydrogen) atoms. The van der Waals surface area contributed by atoms with Crippen molar-refractivity contribution in [2.75, 3.05) is 0 Å². The molecule has 1 saturated carbocycles. The molecule has 110 valence electrons. The highest BCUT2D eigenvalue weighted by Crippen LogP contribution is 2.30. The zero-order valence-electron chi connectivity index (χ0n) is 12.1. The van der Waals surface area contributed by atoms with Crippen LogP contribution in [-0.2, 0) is 17.9 Å². The number of nitrogens with two attached hydrogens (primary N) is 1. The quantitative estimate of drug-likeness (QED) is 0.668. The van der Waals surface area contributed by atoms with Crippen LogP contribution in [-0.4, -0.2) is 22.6 Å². The second-order valence-electron chi connectivity index (χ2n) is 5.93. The molecule has 2 aliphatic rings. The van der Waals surface area contributed by atoms with Crippen LogP contribution in [0.5, 0.6) is 0 Å². The van der Waals surface area contributed by atoms with Gasteiger partial charge >= 0.3 is 0 Å². The highest BCUT2D eigenvalue weighted by molar-refractivity contribution is 6.01. The number of fused-ring (bicyclic) bond motifs is 1. The number of carbonyl (C=O) groups excluding carboxylic acids is 2. The smallest absolute Gasteiger partial charge is 0.255 e. The second kappa shape index (κ2) is 5.45. The minimum Gasteiger partial charge on any atom is -0.326 e. The SMILES string of the molecule is C=C1CCC[C@H](N2Cc3cc(CN)ccc3C2=O)C(=O)C1. The Labute approximate surface area is 124 Å². The van der Waals surface area contributed by atoms with E-state index in [0.29, 0.717) is 25.1 Å². The van der Waals surface area contributed by atoms with Crippen LogP contribution in [0.2, 0.25) is 0 Å². The van der Waals surface area contributed by atoms with E-state index in [0.717, 1.165) is 36.0 Å². The number of carbonyl (C=O) groups is 2. The van der Waals surface area contributed by atoms with E-state index in [1.165, 1.54) is 0 Å². The van der Waals surface area contributed by atoms with Crippen molar-refractivity contribution >= 4 is 11.7 Å². The van der Waals surface area contributed by atoms with Gasteiger partial charge in [-0.3, -0.25) is 9.59 Å². The summed E-state index contributed by atoms with van der Waals surface area (Å²) in [6, 6.07) is 5.40. The topological polar surface area (TPSA) is 63.4 Å². The average molecular weight is 284 g/mol. The zero-order chi connectivity index (χ0) is 15.0. The van der Waals surface area contributed by atoms with Gasteiger partial charge in [0.2, 0.25) is 0 Å². The van der Waals surface area contributed by atoms with E-state index in [-0.39, 0.29) is 17.7 Å². The molecular formula is C17H20N2O2. The molecule has 1 aliphatic heterocycles. The maximum Gasteiger partial charge on any atom is 0.255 e. The van der Waals surface area contributed by atoms with Gasteiger partial charge in [0.1, 0.15) is 0 Å². The number of rotatable bonds is 2. The maximum atomic E-state index is 12.6. The first kappa shape index (κ1) is 14.0. The average Bonchev–Trinajstić information content (AvgIpc) is 2.69. The summed E-state index contributed by atoms with van der Waals surface area (Å²) < 4.78 is 0. The Morgan fingerprint density at radius 3 is 2.90 bits per heavy atom. The molecule has 1 aliphatic carbocycles. The van der Waals surface area contributed by atoms with Crippen LogP contribution in [0.15, 0.2) is 30.4 Å². The van der Waals surface area contributed by atoms with E-state index < -0.39 is 0 Å². The van der Waals surface area contributed by atoms with Gasteiger partial charge in [0.25, 0.3) is 5.91 Å². The first-order valence-electron chi connectivity index (χ1n) is 7.42. The molecule has 3 rings (SSSR count). The van der Waals surface area contributed by atoms with Crippen LogP contribution in [0.1, 0.15) is 47.2 Å². The highest BCUT2D eigenvalue weighted by atomic mass is 16.2. The second-order valence-corrected chi connectivity index (χ2v) is 5.93. The van der Waals surface area contributed by atoms with Gasteiger partial charge in [-0.15, -0.1) is 0 Å². The molecule has 1 amide bonds. The molecule has 4 heteroatoms. The molecule has 0 saturated heterocycles. The van der Waals surface area contributed by atoms with E-state index >= 15 is 0 Å². The summed E-state index contributed by atoms with van der Waals surface area (Å²) >= 11 is 0. The third-order valence-electron chi connectivity index (χ3n) is 4.42. The van der Waals surface area contributed by atoms with Crippen LogP contribution >= 0.6 is 0 Å². The number of amides is 1. The third kappa shape index (κ3) is 2.51. The van der Waals surface area contributed by atoms with Crippen molar-refractivity contribution in [2.45, 2.75) is 44.8 Å². The number of benzene rings is 1. The molecule has 0 aromatic heterocycles. The van der Waals surface area contributed by atoms with Crippen LogP contribution in [0.3, 0.4) is 0 Å². The summed E-state index contributed by atoms with van der Waals surface area (Å²) in [5, 5.41) is 0. The van der Waals surface area contributed by atoms with Crippen molar-refractivity contribution in [3.8, 4) is 0 Å². The van der Waals surface area contributed by atoms with Gasteiger partial charge in [-0.1, -0.05) is 24.3 Å². The van der Waals surface area contributed by atoms with Gasteiger partial charge in [0.05, 0.1) is 6.04 Å². The largest absolute Gasteiger partial charge is 0.326 e. The minimum atomic E-state index is -0.300. The van der Waals surface area contributed by atoms with E-state index in [4.69, 9.17) is 5.73 Å².